The zero-order chi connectivity index (χ0) is 20.6. The van der Waals surface area contributed by atoms with Crippen molar-refractivity contribution in [3.8, 4) is 0 Å². The predicted molar refractivity (Wildman–Crippen MR) is 104 cm³/mol. The Bertz CT molecular complexity index is 932. The topological polar surface area (TPSA) is 58.4 Å². The summed E-state index contributed by atoms with van der Waals surface area (Å²) in [6.07, 6.45) is 3.38. The fourth-order valence-corrected chi connectivity index (χ4v) is 5.15. The average Bonchev–Trinajstić information content (AvgIpc) is 2.84. The number of nitrogens with one attached hydrogen (secondary N) is 2. The molecule has 0 spiro atoms. The van der Waals surface area contributed by atoms with Gasteiger partial charge in [0.05, 0.1) is 4.90 Å². The van der Waals surface area contributed by atoms with E-state index < -0.39 is 34.2 Å². The van der Waals surface area contributed by atoms with Crippen LogP contribution in [-0.2, 0) is 24.3 Å². The third kappa shape index (κ3) is 3.86. The van der Waals surface area contributed by atoms with Crippen molar-refractivity contribution < 1.29 is 18.0 Å². The molecule has 28 heavy (non-hydrogen) atoms. The fourth-order valence-electron chi connectivity index (χ4n) is 3.36. The maximum Gasteiger partial charge on any atom is 0.272 e. The van der Waals surface area contributed by atoms with E-state index in [1.54, 1.807) is 18.7 Å². The molecule has 2 unspecified atom stereocenters. The first-order chi connectivity index (χ1) is 13.2. The Labute approximate surface area is 164 Å². The highest BCUT2D eigenvalue weighted by molar-refractivity contribution is 7.85. The molecule has 2 heterocycles. The molecule has 0 radical (unpaired) electrons. The highest BCUT2D eigenvalue weighted by Crippen LogP contribution is 2.29. The molecule has 2 aromatic rings. The van der Waals surface area contributed by atoms with Crippen molar-refractivity contribution in [3.05, 3.63) is 47.0 Å². The van der Waals surface area contributed by atoms with Crippen LogP contribution in [0, 0.1) is 23.4 Å². The largest absolute Gasteiger partial charge is 0.345 e. The molecule has 1 aromatic heterocycles. The van der Waals surface area contributed by atoms with Gasteiger partial charge in [0.15, 0.2) is 17.5 Å². The van der Waals surface area contributed by atoms with Crippen LogP contribution in [0.4, 0.5) is 18.9 Å². The zero-order valence-corrected chi connectivity index (χ0v) is 17.0. The van der Waals surface area contributed by atoms with Crippen LogP contribution in [0.25, 0.3) is 0 Å². The maximum absolute atomic E-state index is 13.5. The van der Waals surface area contributed by atoms with E-state index in [0.29, 0.717) is 18.0 Å². The zero-order valence-electron chi connectivity index (χ0n) is 16.1. The summed E-state index contributed by atoms with van der Waals surface area (Å²) in [7, 11) is 2.93. The van der Waals surface area contributed by atoms with Gasteiger partial charge < -0.3 is 9.88 Å². The molecule has 152 valence electrons. The number of hydrogen-bond donors (Lipinski definition) is 2. The molecule has 3 rings (SSSR count). The lowest BCUT2D eigenvalue weighted by atomic mass is 9.97. The van der Waals surface area contributed by atoms with Gasteiger partial charge in [-0.15, -0.1) is 0 Å². The number of aryl methyl sites for hydroxylation is 1. The van der Waals surface area contributed by atoms with E-state index in [-0.39, 0.29) is 11.7 Å². The second-order valence-corrected chi connectivity index (χ2v) is 8.72. The van der Waals surface area contributed by atoms with Crippen LogP contribution in [0.5, 0.6) is 0 Å². The molecular weight excluding hydrogens is 389 g/mol. The number of fused-ring (bicyclic) bond motifs is 1. The van der Waals surface area contributed by atoms with Gasteiger partial charge in [0.2, 0.25) is 0 Å². The van der Waals surface area contributed by atoms with E-state index in [9.17, 15) is 18.0 Å². The first-order valence-corrected chi connectivity index (χ1v) is 10.2. The number of hydrogen-bond acceptors (Lipinski definition) is 2. The maximum atomic E-state index is 13.5. The molecule has 2 N–H and O–H groups in total. The number of carbonyl (C=O) groups excluding carboxylic acids is 1. The molecule has 1 aromatic carbocycles. The van der Waals surface area contributed by atoms with Gasteiger partial charge in [-0.2, -0.15) is 0 Å². The summed E-state index contributed by atoms with van der Waals surface area (Å²) in [4.78, 5) is 13.8. The van der Waals surface area contributed by atoms with Crippen LogP contribution in [0.3, 0.4) is 0 Å². The number of aromatic nitrogens is 1. The van der Waals surface area contributed by atoms with Crippen molar-refractivity contribution in [1.82, 2.24) is 9.29 Å². The highest BCUT2D eigenvalue weighted by Gasteiger charge is 2.28. The monoisotopic (exact) mass is 412 g/mol. The molecule has 0 bridgehead atoms. The molecule has 1 aliphatic rings. The third-order valence-electron chi connectivity index (χ3n) is 4.87. The van der Waals surface area contributed by atoms with Crippen LogP contribution in [0.2, 0.25) is 0 Å². The molecule has 1 amide bonds. The summed E-state index contributed by atoms with van der Waals surface area (Å²) in [5.74, 6) is -4.36. The Morgan fingerprint density at radius 3 is 2.54 bits per heavy atom. The molecule has 0 fully saturated rings. The normalized spacial score (nSPS) is 19.6. The molecule has 0 aliphatic carbocycles. The standard InChI is InChI=1S/C19H23F3N4OS/c1-10(2)15-6-5-12-16(28(23-3)25-15)9-26(4)18(12)19(27)24-11-7-13(20)17(22)14(21)8-11/h7-10,15H,5-6H2,1-4H3,(H,23,25)(H,24,27). The molecule has 0 saturated heterocycles. The van der Waals surface area contributed by atoms with Gasteiger partial charge in [0.25, 0.3) is 5.91 Å². The SMILES string of the molecule is C/N=S1/NC(C(C)C)CCc2c1cn(C)c2C(=O)Nc1cc(F)c(F)c(F)c1. The fraction of sp³-hybridized carbons (Fsp3) is 0.421. The first-order valence-electron chi connectivity index (χ1n) is 8.97. The molecule has 1 aliphatic heterocycles. The number of carbonyl (C=O) groups is 1. The Balaban J connectivity index is 1.96. The quantitative estimate of drug-likeness (QED) is 0.750. The minimum absolute atomic E-state index is 0.137. The molecule has 0 saturated carbocycles. The lowest BCUT2D eigenvalue weighted by molar-refractivity contribution is 0.101. The lowest BCUT2D eigenvalue weighted by Crippen LogP contribution is -2.33. The van der Waals surface area contributed by atoms with Crippen molar-refractivity contribution in [2.75, 3.05) is 12.4 Å². The van der Waals surface area contributed by atoms with Gasteiger partial charge in [-0.1, -0.05) is 13.8 Å². The van der Waals surface area contributed by atoms with E-state index in [2.05, 4.69) is 28.2 Å². The van der Waals surface area contributed by atoms with Gasteiger partial charge in [-0.25, -0.2) is 22.3 Å². The third-order valence-corrected chi connectivity index (χ3v) is 6.53. The van der Waals surface area contributed by atoms with Crippen molar-refractivity contribution in [1.29, 1.82) is 0 Å². The summed E-state index contributed by atoms with van der Waals surface area (Å²) in [6.45, 7) is 4.27. The summed E-state index contributed by atoms with van der Waals surface area (Å²) >= 11 is 0. The van der Waals surface area contributed by atoms with Crippen LogP contribution in [0.1, 0.15) is 36.3 Å². The van der Waals surface area contributed by atoms with Crippen molar-refractivity contribution in [3.63, 3.8) is 0 Å². The lowest BCUT2D eigenvalue weighted by Gasteiger charge is -2.20. The molecule has 5 nitrogen and oxygen atoms in total. The predicted octanol–water partition coefficient (Wildman–Crippen LogP) is 3.96. The summed E-state index contributed by atoms with van der Waals surface area (Å²) in [6, 6.07) is 1.79. The van der Waals surface area contributed by atoms with Crippen molar-refractivity contribution >= 4 is 22.5 Å². The number of nitrogens with zero attached hydrogens (tertiary/aromatic N) is 2. The number of rotatable bonds is 3. The van der Waals surface area contributed by atoms with E-state index in [1.165, 1.54) is 0 Å². The van der Waals surface area contributed by atoms with E-state index in [0.717, 1.165) is 29.0 Å². The van der Waals surface area contributed by atoms with Crippen LogP contribution < -0.4 is 10.0 Å². The van der Waals surface area contributed by atoms with Gasteiger partial charge in [0, 0.05) is 55.0 Å². The van der Waals surface area contributed by atoms with Gasteiger partial charge in [0.1, 0.15) is 5.69 Å². The molecule has 9 heteroatoms. The smallest absolute Gasteiger partial charge is 0.272 e. The molecule has 2 atom stereocenters. The Hall–Kier alpha value is -2.13. The average molecular weight is 412 g/mol. The van der Waals surface area contributed by atoms with Gasteiger partial charge in [-0.3, -0.25) is 4.79 Å². The Kier molecular flexibility index (Phi) is 5.95. The van der Waals surface area contributed by atoms with E-state index in [1.807, 2.05) is 6.20 Å². The number of amides is 1. The minimum Gasteiger partial charge on any atom is -0.345 e. The molecular formula is C19H23F3N4OS. The van der Waals surface area contributed by atoms with Crippen LogP contribution in [-0.4, -0.2) is 23.6 Å². The van der Waals surface area contributed by atoms with Gasteiger partial charge >= 0.3 is 0 Å². The number of anilines is 1. The van der Waals surface area contributed by atoms with Gasteiger partial charge in [-0.05, 0) is 24.3 Å². The second kappa shape index (κ2) is 8.08. The Morgan fingerprint density at radius 2 is 1.96 bits per heavy atom. The number of benzene rings is 1. The van der Waals surface area contributed by atoms with E-state index in [4.69, 9.17) is 0 Å². The Morgan fingerprint density at radius 1 is 1.32 bits per heavy atom. The first kappa shape index (κ1) is 20.6. The minimum atomic E-state index is -1.56. The highest BCUT2D eigenvalue weighted by atomic mass is 32.2. The van der Waals surface area contributed by atoms with Crippen LogP contribution >= 0.6 is 0 Å². The van der Waals surface area contributed by atoms with Crippen molar-refractivity contribution in [2.45, 2.75) is 37.6 Å². The van der Waals surface area contributed by atoms with E-state index >= 15 is 0 Å². The summed E-state index contributed by atoms with van der Waals surface area (Å²) < 4.78 is 49.8. The second-order valence-electron chi connectivity index (χ2n) is 7.11. The van der Waals surface area contributed by atoms with Crippen molar-refractivity contribution in [2.24, 2.45) is 17.3 Å². The van der Waals surface area contributed by atoms with Crippen LogP contribution in [0.15, 0.2) is 27.6 Å². The summed E-state index contributed by atoms with van der Waals surface area (Å²) in [5.41, 5.74) is 1.14. The summed E-state index contributed by atoms with van der Waals surface area (Å²) in [5, 5.41) is 2.48. The number of halogens is 3.